The molecule has 1 saturated carbocycles. The van der Waals surface area contributed by atoms with Gasteiger partial charge in [-0.05, 0) is 47.6 Å². The number of amides is 2. The number of esters is 2. The van der Waals surface area contributed by atoms with Gasteiger partial charge in [0.2, 0.25) is 5.91 Å². The molecule has 2 aromatic rings. The maximum absolute atomic E-state index is 12.8. The summed E-state index contributed by atoms with van der Waals surface area (Å²) < 4.78 is 9.73. The van der Waals surface area contributed by atoms with Crippen molar-refractivity contribution in [3.63, 3.8) is 0 Å². The number of methoxy groups -OCH3 is 2. The van der Waals surface area contributed by atoms with Crippen LogP contribution in [0.2, 0.25) is 10.0 Å². The van der Waals surface area contributed by atoms with Gasteiger partial charge in [-0.2, -0.15) is 0 Å². The topological polar surface area (TPSA) is 111 Å². The highest BCUT2D eigenvalue weighted by molar-refractivity contribution is 6.40. The lowest BCUT2D eigenvalue weighted by molar-refractivity contribution is -0.164. The molecular weight excluding hydrogens is 519 g/mol. The lowest BCUT2D eigenvalue weighted by atomic mass is 9.54. The molecule has 1 aliphatic rings. The van der Waals surface area contributed by atoms with Gasteiger partial charge in [0, 0.05) is 18.5 Å². The number of benzene rings is 2. The largest absolute Gasteiger partial charge is 0.469 e. The van der Waals surface area contributed by atoms with E-state index < -0.39 is 17.9 Å². The van der Waals surface area contributed by atoms with E-state index >= 15 is 0 Å². The molecule has 8 nitrogen and oxygen atoms in total. The summed E-state index contributed by atoms with van der Waals surface area (Å²) in [6.45, 7) is 3.88. The quantitative estimate of drug-likeness (QED) is 0.440. The van der Waals surface area contributed by atoms with Gasteiger partial charge in [-0.25, -0.2) is 4.79 Å². The molecular formula is C27H30Cl2N2O6. The molecule has 1 aliphatic carbocycles. The smallest absolute Gasteiger partial charge is 0.328 e. The van der Waals surface area contributed by atoms with Gasteiger partial charge < -0.3 is 20.1 Å². The molecule has 2 unspecified atom stereocenters. The van der Waals surface area contributed by atoms with Crippen molar-refractivity contribution in [3.05, 3.63) is 63.6 Å². The molecule has 1 fully saturated rings. The zero-order chi connectivity index (χ0) is 27.3. The predicted molar refractivity (Wildman–Crippen MR) is 141 cm³/mol. The van der Waals surface area contributed by atoms with Crippen LogP contribution in [0.3, 0.4) is 0 Å². The number of ether oxygens (including phenoxy) is 2. The number of carbonyl (C=O) groups is 4. The molecule has 0 saturated heterocycles. The predicted octanol–water partition coefficient (Wildman–Crippen LogP) is 4.67. The van der Waals surface area contributed by atoms with Gasteiger partial charge in [-0.3, -0.25) is 14.4 Å². The fourth-order valence-electron chi connectivity index (χ4n) is 4.59. The van der Waals surface area contributed by atoms with Gasteiger partial charge in [0.25, 0.3) is 5.91 Å². The van der Waals surface area contributed by atoms with Crippen LogP contribution in [0.4, 0.5) is 5.69 Å². The molecule has 2 N–H and O–H groups in total. The van der Waals surface area contributed by atoms with Crippen LogP contribution in [-0.2, 0) is 30.3 Å². The molecule has 0 spiro atoms. The van der Waals surface area contributed by atoms with Gasteiger partial charge in [0.1, 0.15) is 6.04 Å². The Bertz CT molecular complexity index is 1160. The fourth-order valence-corrected chi connectivity index (χ4v) is 5.15. The van der Waals surface area contributed by atoms with Crippen LogP contribution in [-0.4, -0.2) is 44.0 Å². The first-order valence-corrected chi connectivity index (χ1v) is 12.5. The first kappa shape index (κ1) is 28.5. The molecule has 3 rings (SSSR count). The Kier molecular flexibility index (Phi) is 9.21. The van der Waals surface area contributed by atoms with Crippen molar-refractivity contribution in [3.8, 4) is 0 Å². The number of hydrogen-bond donors (Lipinski definition) is 2. The minimum atomic E-state index is -0.889. The van der Waals surface area contributed by atoms with Crippen molar-refractivity contribution in [2.75, 3.05) is 19.5 Å². The van der Waals surface area contributed by atoms with Gasteiger partial charge in [0.05, 0.1) is 35.7 Å². The highest BCUT2D eigenvalue weighted by atomic mass is 35.5. The number of carbonyl (C=O) groups excluding carboxylic acids is 4. The number of halogens is 2. The Labute approximate surface area is 226 Å². The second kappa shape index (κ2) is 12.0. The molecule has 0 bridgehead atoms. The first-order valence-electron chi connectivity index (χ1n) is 11.8. The summed E-state index contributed by atoms with van der Waals surface area (Å²) in [6, 6.07) is 10.8. The van der Waals surface area contributed by atoms with Crippen LogP contribution in [0.1, 0.15) is 42.6 Å². The van der Waals surface area contributed by atoms with Crippen LogP contribution in [0.5, 0.6) is 0 Å². The molecule has 2 amide bonds. The van der Waals surface area contributed by atoms with Gasteiger partial charge >= 0.3 is 11.9 Å². The number of anilines is 1. The third-order valence-electron chi connectivity index (χ3n) is 7.05. The molecule has 10 heteroatoms. The fraction of sp³-hybridized carbons (Fsp3) is 0.407. The van der Waals surface area contributed by atoms with E-state index in [9.17, 15) is 19.2 Å². The van der Waals surface area contributed by atoms with Crippen LogP contribution in [0.15, 0.2) is 42.5 Å². The van der Waals surface area contributed by atoms with E-state index in [-0.39, 0.29) is 57.6 Å². The average molecular weight is 549 g/mol. The molecule has 37 heavy (non-hydrogen) atoms. The average Bonchev–Trinajstić information content (AvgIpc) is 2.86. The summed E-state index contributed by atoms with van der Waals surface area (Å²) in [5, 5.41) is 5.99. The van der Waals surface area contributed by atoms with E-state index in [1.165, 1.54) is 14.2 Å². The number of rotatable bonds is 9. The lowest BCUT2D eigenvalue weighted by Gasteiger charge is -2.50. The minimum absolute atomic E-state index is 0.00980. The van der Waals surface area contributed by atoms with Crippen LogP contribution in [0.25, 0.3) is 0 Å². The summed E-state index contributed by atoms with van der Waals surface area (Å²) in [5.41, 5.74) is 1.06. The highest BCUT2D eigenvalue weighted by Crippen LogP contribution is 2.53. The third kappa shape index (κ3) is 6.62. The molecule has 3 atom stereocenters. The third-order valence-corrected chi connectivity index (χ3v) is 7.68. The van der Waals surface area contributed by atoms with Gasteiger partial charge in [0.15, 0.2) is 0 Å². The normalized spacial score (nSPS) is 18.6. The van der Waals surface area contributed by atoms with Gasteiger partial charge in [-0.15, -0.1) is 0 Å². The summed E-state index contributed by atoms with van der Waals surface area (Å²) in [5.74, 6) is -1.85. The summed E-state index contributed by atoms with van der Waals surface area (Å²) in [4.78, 5) is 49.7. The standard InChI is InChI=1S/C27H30Cl2N2O6/c1-27(2)16(13-18(27)25(34)36-3)14-22(32)31-21(26(35)37-4)12-15-8-10-17(11-9-15)30-24(33)23-19(28)6-5-7-20(23)29/h5-11,16,18,21H,12-14H2,1-4H3,(H,30,33)(H,31,32)/t16?,18?,21-/m0/s1. The maximum atomic E-state index is 12.8. The molecule has 2 aromatic carbocycles. The molecule has 0 aliphatic heterocycles. The number of hydrogen-bond acceptors (Lipinski definition) is 6. The second-order valence-electron chi connectivity index (χ2n) is 9.63. The van der Waals surface area contributed by atoms with E-state index in [0.717, 1.165) is 5.56 Å². The highest BCUT2D eigenvalue weighted by Gasteiger charge is 2.52. The van der Waals surface area contributed by atoms with Crippen molar-refractivity contribution >= 4 is 52.6 Å². The monoisotopic (exact) mass is 548 g/mol. The Balaban J connectivity index is 1.61. The summed E-state index contributed by atoms with van der Waals surface area (Å²) in [7, 11) is 2.62. The van der Waals surface area contributed by atoms with Gasteiger partial charge in [-0.1, -0.05) is 55.2 Å². The number of nitrogens with one attached hydrogen (secondary N) is 2. The Morgan fingerprint density at radius 1 is 1.00 bits per heavy atom. The van der Waals surface area contributed by atoms with Crippen molar-refractivity contribution in [1.82, 2.24) is 5.32 Å². The van der Waals surface area contributed by atoms with Crippen molar-refractivity contribution in [2.45, 2.75) is 39.2 Å². The maximum Gasteiger partial charge on any atom is 0.328 e. The zero-order valence-corrected chi connectivity index (χ0v) is 22.6. The van der Waals surface area contributed by atoms with E-state index in [1.54, 1.807) is 42.5 Å². The first-order chi connectivity index (χ1) is 17.5. The second-order valence-corrected chi connectivity index (χ2v) is 10.4. The Hall–Kier alpha value is -3.10. The molecule has 0 radical (unpaired) electrons. The molecule has 0 heterocycles. The molecule has 0 aromatic heterocycles. The van der Waals surface area contributed by atoms with Crippen molar-refractivity contribution in [2.24, 2.45) is 17.3 Å². The Morgan fingerprint density at radius 3 is 2.16 bits per heavy atom. The summed E-state index contributed by atoms with van der Waals surface area (Å²) >= 11 is 12.2. The van der Waals surface area contributed by atoms with Crippen molar-refractivity contribution < 1.29 is 28.7 Å². The van der Waals surface area contributed by atoms with E-state index in [1.807, 2.05) is 13.8 Å². The van der Waals surface area contributed by atoms with Crippen LogP contribution >= 0.6 is 23.2 Å². The van der Waals surface area contributed by atoms with E-state index in [4.69, 9.17) is 32.7 Å². The summed E-state index contributed by atoms with van der Waals surface area (Å²) in [6.07, 6.45) is 0.938. The zero-order valence-electron chi connectivity index (χ0n) is 21.1. The van der Waals surface area contributed by atoms with Crippen LogP contribution in [0, 0.1) is 17.3 Å². The minimum Gasteiger partial charge on any atom is -0.469 e. The molecule has 198 valence electrons. The lowest BCUT2D eigenvalue weighted by Crippen LogP contribution is -2.52. The van der Waals surface area contributed by atoms with E-state index in [0.29, 0.717) is 12.1 Å². The van der Waals surface area contributed by atoms with Crippen molar-refractivity contribution in [1.29, 1.82) is 0 Å². The Morgan fingerprint density at radius 2 is 1.62 bits per heavy atom. The van der Waals surface area contributed by atoms with E-state index in [2.05, 4.69) is 10.6 Å². The van der Waals surface area contributed by atoms with Crippen LogP contribution < -0.4 is 10.6 Å². The SMILES string of the molecule is COC(=O)C1CC(CC(=O)N[C@@H](Cc2ccc(NC(=O)c3c(Cl)cccc3Cl)cc2)C(=O)OC)C1(C)C.